The van der Waals surface area contributed by atoms with E-state index in [9.17, 15) is 4.39 Å². The Morgan fingerprint density at radius 2 is 1.95 bits per heavy atom. The summed E-state index contributed by atoms with van der Waals surface area (Å²) >= 11 is 13.5. The van der Waals surface area contributed by atoms with E-state index in [1.54, 1.807) is 23.9 Å². The van der Waals surface area contributed by atoms with Crippen LogP contribution in [0, 0.1) is 5.82 Å². The molecule has 0 radical (unpaired) electrons. The summed E-state index contributed by atoms with van der Waals surface area (Å²) in [7, 11) is 1.81. The molecule has 2 aromatic carbocycles. The van der Waals surface area contributed by atoms with Gasteiger partial charge in [-0.25, -0.2) is 4.39 Å². The van der Waals surface area contributed by atoms with E-state index in [4.69, 9.17) is 23.2 Å². The fourth-order valence-electron chi connectivity index (χ4n) is 1.85. The van der Waals surface area contributed by atoms with Crippen molar-refractivity contribution in [1.29, 1.82) is 0 Å². The normalized spacial score (nSPS) is 12.4. The van der Waals surface area contributed by atoms with Crippen molar-refractivity contribution in [3.63, 3.8) is 0 Å². The second-order valence-corrected chi connectivity index (χ2v) is 6.15. The first kappa shape index (κ1) is 15.6. The molecule has 1 N–H and O–H groups in total. The molecule has 0 saturated carbocycles. The number of halogens is 3. The minimum Gasteiger partial charge on any atom is -0.312 e. The molecule has 0 saturated heterocycles. The molecular weight excluding hydrogens is 316 g/mol. The van der Waals surface area contributed by atoms with Crippen LogP contribution in [-0.4, -0.2) is 12.8 Å². The molecule has 0 fully saturated rings. The van der Waals surface area contributed by atoms with Crippen molar-refractivity contribution in [1.82, 2.24) is 5.32 Å². The molecule has 0 heterocycles. The lowest BCUT2D eigenvalue weighted by atomic mass is 10.1. The molecule has 1 unspecified atom stereocenters. The maximum absolute atomic E-state index is 13.9. The van der Waals surface area contributed by atoms with Crippen molar-refractivity contribution in [2.45, 2.75) is 10.9 Å². The number of nitrogens with one attached hydrogen (secondary N) is 1. The third-order valence-electron chi connectivity index (χ3n) is 2.93. The van der Waals surface area contributed by atoms with Gasteiger partial charge >= 0.3 is 0 Å². The molecule has 0 bridgehead atoms. The lowest BCUT2D eigenvalue weighted by molar-refractivity contribution is 0.566. The third kappa shape index (κ3) is 3.89. The van der Waals surface area contributed by atoms with E-state index in [0.29, 0.717) is 21.4 Å². The fourth-order valence-corrected chi connectivity index (χ4v) is 3.38. The second kappa shape index (κ2) is 7.32. The molecule has 5 heteroatoms. The fraction of sp³-hybridized carbons (Fsp3) is 0.200. The Morgan fingerprint density at radius 1 is 1.20 bits per heavy atom. The van der Waals surface area contributed by atoms with Gasteiger partial charge in [0.2, 0.25) is 0 Å². The summed E-state index contributed by atoms with van der Waals surface area (Å²) in [4.78, 5) is 0.990. The standard InChI is InChI=1S/C15H14Cl2FNS/c1-19-14(11-7-6-10(16)8-13(11)18)9-20-15-5-3-2-4-12(15)17/h2-8,14,19H,9H2,1H3. The predicted octanol–water partition coefficient (Wildman–Crippen LogP) is 5.19. The van der Waals surface area contributed by atoms with Crippen LogP contribution < -0.4 is 5.32 Å². The highest BCUT2D eigenvalue weighted by atomic mass is 35.5. The van der Waals surface area contributed by atoms with Crippen LogP contribution in [0.5, 0.6) is 0 Å². The van der Waals surface area contributed by atoms with Gasteiger partial charge in [0.1, 0.15) is 5.82 Å². The number of benzene rings is 2. The number of hydrogen-bond acceptors (Lipinski definition) is 2. The van der Waals surface area contributed by atoms with Crippen molar-refractivity contribution in [3.8, 4) is 0 Å². The maximum Gasteiger partial charge on any atom is 0.129 e. The molecule has 0 aliphatic heterocycles. The van der Waals surface area contributed by atoms with E-state index < -0.39 is 0 Å². The van der Waals surface area contributed by atoms with Crippen LogP contribution in [0.1, 0.15) is 11.6 Å². The molecule has 106 valence electrons. The first-order chi connectivity index (χ1) is 9.61. The van der Waals surface area contributed by atoms with Crippen molar-refractivity contribution in [2.24, 2.45) is 0 Å². The monoisotopic (exact) mass is 329 g/mol. The van der Waals surface area contributed by atoms with E-state index in [0.717, 1.165) is 4.90 Å². The molecule has 2 rings (SSSR count). The Labute approximate surface area is 132 Å². The molecule has 1 atom stereocenters. The molecule has 0 aliphatic carbocycles. The third-order valence-corrected chi connectivity index (χ3v) is 4.77. The predicted molar refractivity (Wildman–Crippen MR) is 85.4 cm³/mol. The van der Waals surface area contributed by atoms with Crippen LogP contribution in [0.25, 0.3) is 0 Å². The Morgan fingerprint density at radius 3 is 2.60 bits per heavy atom. The van der Waals surface area contributed by atoms with Gasteiger partial charge in [0.15, 0.2) is 0 Å². The highest BCUT2D eigenvalue weighted by Gasteiger charge is 2.15. The van der Waals surface area contributed by atoms with E-state index in [-0.39, 0.29) is 11.9 Å². The molecule has 2 aromatic rings. The maximum atomic E-state index is 13.9. The van der Waals surface area contributed by atoms with Crippen molar-refractivity contribution in [3.05, 3.63) is 63.9 Å². The smallest absolute Gasteiger partial charge is 0.129 e. The average molecular weight is 330 g/mol. The Balaban J connectivity index is 2.11. The van der Waals surface area contributed by atoms with Gasteiger partial charge < -0.3 is 5.32 Å². The zero-order valence-electron chi connectivity index (χ0n) is 10.9. The van der Waals surface area contributed by atoms with Crippen molar-refractivity contribution in [2.75, 3.05) is 12.8 Å². The first-order valence-electron chi connectivity index (χ1n) is 6.11. The lowest BCUT2D eigenvalue weighted by Gasteiger charge is -2.17. The number of rotatable bonds is 5. The van der Waals surface area contributed by atoms with Crippen LogP contribution in [0.15, 0.2) is 47.4 Å². The highest BCUT2D eigenvalue weighted by molar-refractivity contribution is 7.99. The molecule has 0 spiro atoms. The lowest BCUT2D eigenvalue weighted by Crippen LogP contribution is -2.20. The molecule has 0 aromatic heterocycles. The van der Waals surface area contributed by atoms with E-state index in [1.807, 2.05) is 31.3 Å². The Bertz CT molecular complexity index is 592. The van der Waals surface area contributed by atoms with Gasteiger partial charge in [-0.2, -0.15) is 0 Å². The molecule has 20 heavy (non-hydrogen) atoms. The van der Waals surface area contributed by atoms with Crippen LogP contribution in [-0.2, 0) is 0 Å². The Kier molecular flexibility index (Phi) is 5.73. The SMILES string of the molecule is CNC(CSc1ccccc1Cl)c1ccc(Cl)cc1F. The van der Waals surface area contributed by atoms with Gasteiger partial charge in [0.05, 0.1) is 5.02 Å². The van der Waals surface area contributed by atoms with Crippen molar-refractivity contribution >= 4 is 35.0 Å². The molecule has 0 aliphatic rings. The largest absolute Gasteiger partial charge is 0.312 e. The summed E-state index contributed by atoms with van der Waals surface area (Å²) in [5, 5.41) is 4.24. The minimum atomic E-state index is -0.295. The zero-order valence-corrected chi connectivity index (χ0v) is 13.2. The molecule has 1 nitrogen and oxygen atoms in total. The highest BCUT2D eigenvalue weighted by Crippen LogP contribution is 2.31. The summed E-state index contributed by atoms with van der Waals surface area (Å²) in [6.07, 6.45) is 0. The number of hydrogen-bond donors (Lipinski definition) is 1. The van der Waals surface area contributed by atoms with Crippen molar-refractivity contribution < 1.29 is 4.39 Å². The van der Waals surface area contributed by atoms with Gasteiger partial charge in [-0.1, -0.05) is 41.4 Å². The van der Waals surface area contributed by atoms with Gasteiger partial charge in [0, 0.05) is 27.3 Å². The van der Waals surface area contributed by atoms with Gasteiger partial charge in [0.25, 0.3) is 0 Å². The van der Waals surface area contributed by atoms with Crippen LogP contribution in [0.2, 0.25) is 10.0 Å². The Hall–Kier alpha value is -0.740. The van der Waals surface area contributed by atoms with Crippen LogP contribution in [0.4, 0.5) is 4.39 Å². The summed E-state index contributed by atoms with van der Waals surface area (Å²) in [5.74, 6) is 0.385. The zero-order chi connectivity index (χ0) is 14.5. The van der Waals surface area contributed by atoms with E-state index in [1.165, 1.54) is 6.07 Å². The van der Waals surface area contributed by atoms with Gasteiger partial charge in [-0.3, -0.25) is 0 Å². The van der Waals surface area contributed by atoms with Gasteiger partial charge in [-0.05, 0) is 31.3 Å². The summed E-state index contributed by atoms with van der Waals surface area (Å²) in [5.41, 5.74) is 0.608. The summed E-state index contributed by atoms with van der Waals surface area (Å²) in [6, 6.07) is 12.3. The quantitative estimate of drug-likeness (QED) is 0.758. The van der Waals surface area contributed by atoms with Crippen LogP contribution in [0.3, 0.4) is 0 Å². The minimum absolute atomic E-state index is 0.103. The van der Waals surface area contributed by atoms with Gasteiger partial charge in [-0.15, -0.1) is 11.8 Å². The first-order valence-corrected chi connectivity index (χ1v) is 7.85. The number of thioether (sulfide) groups is 1. The van der Waals surface area contributed by atoms with Crippen LogP contribution >= 0.6 is 35.0 Å². The second-order valence-electron chi connectivity index (χ2n) is 4.25. The molecular formula is C15H14Cl2FNS. The van der Waals surface area contributed by atoms with E-state index >= 15 is 0 Å². The summed E-state index contributed by atoms with van der Waals surface area (Å²) < 4.78 is 13.9. The summed E-state index contributed by atoms with van der Waals surface area (Å²) in [6.45, 7) is 0. The molecule has 0 amide bonds. The topological polar surface area (TPSA) is 12.0 Å². The average Bonchev–Trinajstić information content (AvgIpc) is 2.43. The van der Waals surface area contributed by atoms with E-state index in [2.05, 4.69) is 5.32 Å².